The average Bonchev–Trinajstić information content (AvgIpc) is 2.50. The molecule has 0 saturated carbocycles. The lowest BCUT2D eigenvalue weighted by Gasteiger charge is -2.17. The van der Waals surface area contributed by atoms with E-state index < -0.39 is 23.5 Å². The zero-order valence-corrected chi connectivity index (χ0v) is 11.4. The van der Waals surface area contributed by atoms with Crippen LogP contribution in [-0.2, 0) is 6.42 Å². The van der Waals surface area contributed by atoms with Gasteiger partial charge >= 0.3 is 0 Å². The Kier molecular flexibility index (Phi) is 4.82. The second kappa shape index (κ2) is 6.60. The molecule has 0 aliphatic carbocycles. The fourth-order valence-electron chi connectivity index (χ4n) is 2.08. The highest BCUT2D eigenvalue weighted by atomic mass is 19.2. The van der Waals surface area contributed by atoms with Gasteiger partial charge in [0, 0.05) is 0 Å². The van der Waals surface area contributed by atoms with Crippen LogP contribution in [0.25, 0.3) is 0 Å². The Balaban J connectivity index is 2.27. The minimum absolute atomic E-state index is 0.233. The normalized spacial score (nSPS) is 12.2. The van der Waals surface area contributed by atoms with Crippen molar-refractivity contribution in [3.05, 3.63) is 65.0 Å². The molecule has 0 fully saturated rings. The Morgan fingerprint density at radius 2 is 1.81 bits per heavy atom. The first-order chi connectivity index (χ1) is 10.0. The van der Waals surface area contributed by atoms with Crippen LogP contribution in [0.1, 0.15) is 17.2 Å². The molecule has 0 aliphatic heterocycles. The summed E-state index contributed by atoms with van der Waals surface area (Å²) >= 11 is 0. The maximum atomic E-state index is 13.3. The molecule has 2 rings (SSSR count). The fourth-order valence-corrected chi connectivity index (χ4v) is 2.08. The van der Waals surface area contributed by atoms with Crippen molar-refractivity contribution in [3.8, 4) is 5.75 Å². The van der Waals surface area contributed by atoms with Crippen LogP contribution in [0.15, 0.2) is 36.4 Å². The van der Waals surface area contributed by atoms with Crippen LogP contribution >= 0.6 is 0 Å². The number of halogens is 3. The Morgan fingerprint density at radius 3 is 2.38 bits per heavy atom. The van der Waals surface area contributed by atoms with Gasteiger partial charge in [0.25, 0.3) is 0 Å². The molecule has 6 heteroatoms. The molecule has 0 amide bonds. The summed E-state index contributed by atoms with van der Waals surface area (Å²) < 4.78 is 44.7. The molecule has 2 aromatic rings. The minimum Gasteiger partial charge on any atom is -0.497 e. The van der Waals surface area contributed by atoms with Crippen molar-refractivity contribution < 1.29 is 17.9 Å². The smallest absolute Gasteiger partial charge is 0.194 e. The molecule has 112 valence electrons. The first kappa shape index (κ1) is 15.3. The molecular formula is C15H15F3N2O. The standard InChI is InChI=1S/C15H15F3N2O/c1-21-11-4-2-3-9(5-11)6-14(20-19)10-7-12(16)15(18)13(17)8-10/h2-5,7-8,14,20H,6,19H2,1H3. The van der Waals surface area contributed by atoms with Gasteiger partial charge in [-0.3, -0.25) is 11.3 Å². The van der Waals surface area contributed by atoms with Crippen molar-refractivity contribution in [1.29, 1.82) is 0 Å². The molecule has 0 saturated heterocycles. The second-order valence-corrected chi connectivity index (χ2v) is 4.57. The molecule has 3 nitrogen and oxygen atoms in total. The van der Waals surface area contributed by atoms with Crippen molar-refractivity contribution in [3.63, 3.8) is 0 Å². The monoisotopic (exact) mass is 296 g/mol. The third-order valence-corrected chi connectivity index (χ3v) is 3.18. The van der Waals surface area contributed by atoms with E-state index in [1.54, 1.807) is 25.3 Å². The molecule has 1 atom stereocenters. The van der Waals surface area contributed by atoms with Crippen molar-refractivity contribution in [2.75, 3.05) is 7.11 Å². The summed E-state index contributed by atoms with van der Waals surface area (Å²) in [5.41, 5.74) is 3.58. The van der Waals surface area contributed by atoms with Crippen LogP contribution < -0.4 is 16.0 Å². The number of rotatable bonds is 5. The number of hydrogen-bond donors (Lipinski definition) is 2. The van der Waals surface area contributed by atoms with Gasteiger partial charge in [0.05, 0.1) is 13.2 Å². The maximum Gasteiger partial charge on any atom is 0.194 e. The molecule has 0 heterocycles. The van der Waals surface area contributed by atoms with E-state index in [-0.39, 0.29) is 5.56 Å². The summed E-state index contributed by atoms with van der Waals surface area (Å²) in [5.74, 6) is 2.14. The van der Waals surface area contributed by atoms with Crippen LogP contribution in [0.2, 0.25) is 0 Å². The quantitative estimate of drug-likeness (QED) is 0.507. The maximum absolute atomic E-state index is 13.3. The van der Waals surface area contributed by atoms with Gasteiger partial charge in [-0.05, 0) is 41.8 Å². The molecule has 21 heavy (non-hydrogen) atoms. The van der Waals surface area contributed by atoms with Gasteiger partial charge in [0.1, 0.15) is 5.75 Å². The lowest BCUT2D eigenvalue weighted by Crippen LogP contribution is -2.29. The Hall–Kier alpha value is -2.05. The van der Waals surface area contributed by atoms with E-state index in [9.17, 15) is 13.2 Å². The van der Waals surface area contributed by atoms with Gasteiger partial charge in [-0.2, -0.15) is 0 Å². The molecule has 2 aromatic carbocycles. The highest BCUT2D eigenvalue weighted by Crippen LogP contribution is 2.23. The number of benzene rings is 2. The van der Waals surface area contributed by atoms with Crippen molar-refractivity contribution in [2.24, 2.45) is 5.84 Å². The predicted molar refractivity (Wildman–Crippen MR) is 73.1 cm³/mol. The lowest BCUT2D eigenvalue weighted by atomic mass is 9.99. The Bertz CT molecular complexity index is 611. The van der Waals surface area contributed by atoms with E-state index in [0.717, 1.165) is 17.7 Å². The zero-order valence-electron chi connectivity index (χ0n) is 11.4. The molecular weight excluding hydrogens is 281 g/mol. The van der Waals surface area contributed by atoms with Gasteiger partial charge in [0.2, 0.25) is 0 Å². The number of hydrazine groups is 1. The second-order valence-electron chi connectivity index (χ2n) is 4.57. The van der Waals surface area contributed by atoms with Crippen LogP contribution in [0, 0.1) is 17.5 Å². The van der Waals surface area contributed by atoms with Crippen molar-refractivity contribution in [2.45, 2.75) is 12.5 Å². The number of nitrogens with one attached hydrogen (secondary N) is 1. The largest absolute Gasteiger partial charge is 0.497 e. The van der Waals surface area contributed by atoms with E-state index in [0.29, 0.717) is 12.2 Å². The van der Waals surface area contributed by atoms with Crippen molar-refractivity contribution in [1.82, 2.24) is 5.43 Å². The average molecular weight is 296 g/mol. The first-order valence-corrected chi connectivity index (χ1v) is 6.28. The molecule has 1 unspecified atom stereocenters. The topological polar surface area (TPSA) is 47.3 Å². The van der Waals surface area contributed by atoms with Crippen LogP contribution in [0.3, 0.4) is 0 Å². The SMILES string of the molecule is COc1cccc(CC(NN)c2cc(F)c(F)c(F)c2)c1. The van der Waals surface area contributed by atoms with Crippen LogP contribution in [0.4, 0.5) is 13.2 Å². The van der Waals surface area contributed by atoms with E-state index in [1.807, 2.05) is 6.07 Å². The summed E-state index contributed by atoms with van der Waals surface area (Å²) in [4.78, 5) is 0. The number of methoxy groups -OCH3 is 1. The first-order valence-electron chi connectivity index (χ1n) is 6.28. The summed E-state index contributed by atoms with van der Waals surface area (Å²) in [6.45, 7) is 0. The summed E-state index contributed by atoms with van der Waals surface area (Å²) in [7, 11) is 1.54. The highest BCUT2D eigenvalue weighted by molar-refractivity contribution is 5.31. The number of ether oxygens (including phenoxy) is 1. The van der Waals surface area contributed by atoms with Gasteiger partial charge in [-0.15, -0.1) is 0 Å². The molecule has 0 aromatic heterocycles. The molecule has 0 spiro atoms. The van der Waals surface area contributed by atoms with Gasteiger partial charge < -0.3 is 4.74 Å². The molecule has 0 radical (unpaired) electrons. The van der Waals surface area contributed by atoms with Crippen molar-refractivity contribution >= 4 is 0 Å². The van der Waals surface area contributed by atoms with Crippen LogP contribution in [0.5, 0.6) is 5.75 Å². The van der Waals surface area contributed by atoms with E-state index in [4.69, 9.17) is 10.6 Å². The van der Waals surface area contributed by atoms with Crippen LogP contribution in [-0.4, -0.2) is 7.11 Å². The summed E-state index contributed by atoms with van der Waals surface area (Å²) in [6.07, 6.45) is 0.373. The third kappa shape index (κ3) is 3.53. The van der Waals surface area contributed by atoms with E-state index in [1.165, 1.54) is 0 Å². The number of nitrogens with two attached hydrogens (primary N) is 1. The molecule has 0 bridgehead atoms. The summed E-state index contributed by atoms with van der Waals surface area (Å²) in [5, 5.41) is 0. The lowest BCUT2D eigenvalue weighted by molar-refractivity contribution is 0.413. The molecule has 0 aliphatic rings. The third-order valence-electron chi connectivity index (χ3n) is 3.18. The summed E-state index contributed by atoms with van der Waals surface area (Å²) in [6, 6.07) is 8.52. The molecule has 3 N–H and O–H groups in total. The minimum atomic E-state index is -1.49. The Morgan fingerprint density at radius 1 is 1.14 bits per heavy atom. The van der Waals surface area contributed by atoms with Gasteiger partial charge in [0.15, 0.2) is 17.5 Å². The van der Waals surface area contributed by atoms with Gasteiger partial charge in [-0.25, -0.2) is 13.2 Å². The Labute approximate surface area is 120 Å². The van der Waals surface area contributed by atoms with Gasteiger partial charge in [-0.1, -0.05) is 12.1 Å². The predicted octanol–water partition coefficient (Wildman–Crippen LogP) is 2.86. The zero-order chi connectivity index (χ0) is 15.4. The highest BCUT2D eigenvalue weighted by Gasteiger charge is 2.17. The fraction of sp³-hybridized carbons (Fsp3) is 0.200. The van der Waals surface area contributed by atoms with E-state index in [2.05, 4.69) is 5.43 Å². The van der Waals surface area contributed by atoms with E-state index >= 15 is 0 Å². The number of hydrogen-bond acceptors (Lipinski definition) is 3.